The minimum atomic E-state index is 0.248. The van der Waals surface area contributed by atoms with Gasteiger partial charge in [-0.2, -0.15) is 0 Å². The largest absolute Gasteiger partial charge is 0.396 e. The van der Waals surface area contributed by atoms with E-state index in [1.807, 2.05) is 12.1 Å². The molecule has 1 saturated carbocycles. The lowest BCUT2D eigenvalue weighted by molar-refractivity contribution is 0.275. The van der Waals surface area contributed by atoms with E-state index in [0.717, 1.165) is 12.2 Å². The summed E-state index contributed by atoms with van der Waals surface area (Å²) in [5, 5.41) is 12.5. The lowest BCUT2D eigenvalue weighted by Gasteiger charge is -2.03. The lowest BCUT2D eigenvalue weighted by Crippen LogP contribution is -2.07. The number of aromatic nitrogens is 1. The Morgan fingerprint density at radius 3 is 3.08 bits per heavy atom. The first-order valence-corrected chi connectivity index (χ1v) is 4.67. The molecule has 0 aliphatic heterocycles. The summed E-state index contributed by atoms with van der Waals surface area (Å²) in [5.41, 5.74) is 0. The minimum absolute atomic E-state index is 0.248. The third kappa shape index (κ3) is 2.11. The first-order chi connectivity index (χ1) is 6.29. The van der Waals surface area contributed by atoms with Crippen LogP contribution in [-0.2, 0) is 0 Å². The topological polar surface area (TPSA) is 45.1 Å². The maximum atomic E-state index is 8.82. The molecule has 0 saturated heterocycles. The Kier molecular flexibility index (Phi) is 2.38. The average Bonchev–Trinajstić information content (AvgIpc) is 2.83. The van der Waals surface area contributed by atoms with Crippen LogP contribution in [0.1, 0.15) is 6.42 Å². The van der Waals surface area contributed by atoms with Gasteiger partial charge in [-0.3, -0.25) is 0 Å². The van der Waals surface area contributed by atoms with Gasteiger partial charge in [-0.1, -0.05) is 17.7 Å². The van der Waals surface area contributed by atoms with E-state index >= 15 is 0 Å². The van der Waals surface area contributed by atoms with Crippen LogP contribution >= 0.6 is 11.6 Å². The third-order valence-corrected chi connectivity index (χ3v) is 2.42. The van der Waals surface area contributed by atoms with Gasteiger partial charge in [0.25, 0.3) is 0 Å². The van der Waals surface area contributed by atoms with Crippen molar-refractivity contribution in [3.05, 3.63) is 23.4 Å². The predicted molar refractivity (Wildman–Crippen MR) is 51.9 cm³/mol. The van der Waals surface area contributed by atoms with Crippen molar-refractivity contribution in [2.24, 2.45) is 5.92 Å². The highest BCUT2D eigenvalue weighted by Crippen LogP contribution is 2.32. The third-order valence-electron chi connectivity index (χ3n) is 2.21. The Morgan fingerprint density at radius 1 is 1.62 bits per heavy atom. The molecule has 2 atom stereocenters. The number of halogens is 1. The van der Waals surface area contributed by atoms with Crippen LogP contribution in [-0.4, -0.2) is 22.7 Å². The number of nitrogens with one attached hydrogen (secondary N) is 1. The van der Waals surface area contributed by atoms with Gasteiger partial charge >= 0.3 is 0 Å². The lowest BCUT2D eigenvalue weighted by atomic mass is 10.4. The quantitative estimate of drug-likeness (QED) is 0.725. The summed E-state index contributed by atoms with van der Waals surface area (Å²) in [7, 11) is 0. The van der Waals surface area contributed by atoms with Crippen molar-refractivity contribution < 1.29 is 5.11 Å². The number of rotatable bonds is 3. The molecule has 2 unspecified atom stereocenters. The highest BCUT2D eigenvalue weighted by atomic mass is 35.5. The molecule has 70 valence electrons. The van der Waals surface area contributed by atoms with Crippen LogP contribution in [0.15, 0.2) is 18.2 Å². The van der Waals surface area contributed by atoms with Gasteiger partial charge in [0.1, 0.15) is 11.0 Å². The monoisotopic (exact) mass is 198 g/mol. The summed E-state index contributed by atoms with van der Waals surface area (Å²) in [6.07, 6.45) is 1.02. The van der Waals surface area contributed by atoms with Gasteiger partial charge in [0, 0.05) is 18.6 Å². The first-order valence-electron chi connectivity index (χ1n) is 4.29. The Balaban J connectivity index is 1.95. The molecular weight excluding hydrogens is 188 g/mol. The maximum Gasteiger partial charge on any atom is 0.131 e. The Morgan fingerprint density at radius 2 is 2.46 bits per heavy atom. The first kappa shape index (κ1) is 8.78. The van der Waals surface area contributed by atoms with Gasteiger partial charge in [0.05, 0.1) is 0 Å². The van der Waals surface area contributed by atoms with Crippen LogP contribution in [0.5, 0.6) is 0 Å². The summed E-state index contributed by atoms with van der Waals surface area (Å²) < 4.78 is 0. The summed E-state index contributed by atoms with van der Waals surface area (Å²) in [5.74, 6) is 1.18. The van der Waals surface area contributed by atoms with Crippen LogP contribution in [0.3, 0.4) is 0 Å². The van der Waals surface area contributed by atoms with E-state index in [1.54, 1.807) is 6.07 Å². The van der Waals surface area contributed by atoms with Crippen molar-refractivity contribution in [2.75, 3.05) is 11.9 Å². The average molecular weight is 199 g/mol. The number of nitrogens with zero attached hydrogens (tertiary/aromatic N) is 1. The van der Waals surface area contributed by atoms with Crippen LogP contribution in [0.4, 0.5) is 5.82 Å². The van der Waals surface area contributed by atoms with Gasteiger partial charge in [-0.25, -0.2) is 4.98 Å². The van der Waals surface area contributed by atoms with Crippen LogP contribution in [0.25, 0.3) is 0 Å². The second-order valence-electron chi connectivity index (χ2n) is 3.27. The Hall–Kier alpha value is -0.800. The molecule has 1 aliphatic carbocycles. The molecule has 1 aromatic rings. The molecule has 3 nitrogen and oxygen atoms in total. The zero-order valence-corrected chi connectivity index (χ0v) is 7.83. The molecule has 0 amide bonds. The van der Waals surface area contributed by atoms with Crippen LogP contribution < -0.4 is 5.32 Å². The van der Waals surface area contributed by atoms with E-state index in [1.165, 1.54) is 0 Å². The Labute approximate surface area is 81.8 Å². The van der Waals surface area contributed by atoms with E-state index in [9.17, 15) is 0 Å². The van der Waals surface area contributed by atoms with Crippen molar-refractivity contribution >= 4 is 17.4 Å². The number of hydrogen-bond donors (Lipinski definition) is 2. The number of anilines is 1. The molecular formula is C9H11ClN2O. The molecule has 13 heavy (non-hydrogen) atoms. The van der Waals surface area contributed by atoms with Crippen LogP contribution in [0.2, 0.25) is 5.15 Å². The van der Waals surface area contributed by atoms with Crippen LogP contribution in [0, 0.1) is 5.92 Å². The fraction of sp³-hybridized carbons (Fsp3) is 0.444. The molecule has 2 rings (SSSR count). The van der Waals surface area contributed by atoms with E-state index in [4.69, 9.17) is 16.7 Å². The van der Waals surface area contributed by atoms with E-state index in [0.29, 0.717) is 17.1 Å². The second-order valence-corrected chi connectivity index (χ2v) is 3.66. The van der Waals surface area contributed by atoms with E-state index in [2.05, 4.69) is 10.3 Å². The smallest absolute Gasteiger partial charge is 0.131 e. The van der Waals surface area contributed by atoms with Crippen molar-refractivity contribution in [2.45, 2.75) is 12.5 Å². The van der Waals surface area contributed by atoms with Gasteiger partial charge in [-0.15, -0.1) is 0 Å². The zero-order chi connectivity index (χ0) is 9.26. The molecule has 2 N–H and O–H groups in total. The Bertz CT molecular complexity index is 305. The van der Waals surface area contributed by atoms with E-state index in [-0.39, 0.29) is 6.61 Å². The molecule has 0 radical (unpaired) electrons. The molecule has 4 heteroatoms. The fourth-order valence-electron chi connectivity index (χ4n) is 1.30. The predicted octanol–water partition coefficient (Wildman–Crippen LogP) is 1.53. The standard InChI is InChI=1S/C9H11ClN2O/c10-8-2-1-3-9(12-8)11-7-4-6(7)5-13/h1-3,6-7,13H,4-5H2,(H,11,12). The summed E-state index contributed by atoms with van der Waals surface area (Å²) in [6.45, 7) is 0.248. The summed E-state index contributed by atoms with van der Waals surface area (Å²) in [4.78, 5) is 4.09. The number of hydrogen-bond acceptors (Lipinski definition) is 3. The fourth-order valence-corrected chi connectivity index (χ4v) is 1.47. The van der Waals surface area contributed by atoms with E-state index < -0.39 is 0 Å². The summed E-state index contributed by atoms with van der Waals surface area (Å²) in [6, 6.07) is 5.84. The normalized spacial score (nSPS) is 25.7. The van der Waals surface area contributed by atoms with Gasteiger partial charge in [0.2, 0.25) is 0 Å². The van der Waals surface area contributed by atoms with Gasteiger partial charge < -0.3 is 10.4 Å². The maximum absolute atomic E-state index is 8.82. The zero-order valence-electron chi connectivity index (χ0n) is 7.07. The molecule has 0 spiro atoms. The summed E-state index contributed by atoms with van der Waals surface area (Å²) >= 11 is 5.72. The van der Waals surface area contributed by atoms with Crippen molar-refractivity contribution in [1.29, 1.82) is 0 Å². The molecule has 1 fully saturated rings. The van der Waals surface area contributed by atoms with Crippen molar-refractivity contribution in [3.63, 3.8) is 0 Å². The minimum Gasteiger partial charge on any atom is -0.396 e. The van der Waals surface area contributed by atoms with Gasteiger partial charge in [0.15, 0.2) is 0 Å². The highest BCUT2D eigenvalue weighted by molar-refractivity contribution is 6.29. The molecule has 1 heterocycles. The van der Waals surface area contributed by atoms with Crippen molar-refractivity contribution in [1.82, 2.24) is 4.98 Å². The second kappa shape index (κ2) is 3.52. The van der Waals surface area contributed by atoms with Crippen molar-refractivity contribution in [3.8, 4) is 0 Å². The number of aliphatic hydroxyl groups is 1. The molecule has 1 aliphatic rings. The van der Waals surface area contributed by atoms with Gasteiger partial charge in [-0.05, 0) is 18.6 Å². The SMILES string of the molecule is OCC1CC1Nc1cccc(Cl)n1. The number of pyridine rings is 1. The molecule has 0 bridgehead atoms. The molecule has 0 aromatic carbocycles. The number of aliphatic hydroxyl groups excluding tert-OH is 1. The highest BCUT2D eigenvalue weighted by Gasteiger charge is 2.36. The molecule has 1 aromatic heterocycles.